The lowest BCUT2D eigenvalue weighted by molar-refractivity contribution is -0.333. The normalized spacial score (nSPS) is 44.0. The van der Waals surface area contributed by atoms with Crippen LogP contribution in [0.15, 0.2) is 59.5 Å². The van der Waals surface area contributed by atoms with E-state index in [1.54, 1.807) is 68.8 Å². The van der Waals surface area contributed by atoms with Gasteiger partial charge in [-0.25, -0.2) is 13.2 Å². The van der Waals surface area contributed by atoms with E-state index in [1.807, 2.05) is 0 Å². The largest absolute Gasteiger partial charge is 0.454 e. The molecule has 0 amide bonds. The first-order valence-corrected chi connectivity index (χ1v) is 19.1. The van der Waals surface area contributed by atoms with Crippen molar-refractivity contribution >= 4 is 15.8 Å². The average Bonchev–Trinajstić information content (AvgIpc) is 3.51. The molecule has 260 valence electrons. The first kappa shape index (κ1) is 32.8. The Morgan fingerprint density at radius 1 is 1.00 bits per heavy atom. The van der Waals surface area contributed by atoms with Crippen LogP contribution in [-0.4, -0.2) is 104 Å². The second-order valence-corrected chi connectivity index (χ2v) is 17.3. The van der Waals surface area contributed by atoms with Gasteiger partial charge >= 0.3 is 5.97 Å². The number of ether oxygens (including phenoxy) is 3. The number of aliphatic hydroxyl groups is 3. The summed E-state index contributed by atoms with van der Waals surface area (Å²) in [6, 6.07) is 14.8. The number of esters is 1. The Balaban J connectivity index is 1.22. The zero-order chi connectivity index (χ0) is 33.9. The van der Waals surface area contributed by atoms with Crippen molar-refractivity contribution in [2.24, 2.45) is 35.0 Å². The average molecular weight is 682 g/mol. The lowest BCUT2D eigenvalue weighted by atomic mass is 9.42. The van der Waals surface area contributed by atoms with Crippen molar-refractivity contribution in [3.8, 4) is 0 Å². The molecule has 6 aliphatic rings. The molecule has 1 aliphatic heterocycles. The number of benzene rings is 2. The number of hydrogen-bond donors (Lipinski definition) is 3. The molecule has 1 saturated heterocycles. The van der Waals surface area contributed by atoms with Crippen LogP contribution in [0.4, 0.5) is 0 Å². The number of fused-ring (bicyclic) bond motifs is 2. The molecular formula is C37H47NO9S. The van der Waals surface area contributed by atoms with Gasteiger partial charge in [0.05, 0.1) is 28.4 Å². The molecule has 1 heterocycles. The first-order chi connectivity index (χ1) is 23.0. The number of likely N-dealkylation sites (tertiary alicyclic amines) is 1. The first-order valence-electron chi connectivity index (χ1n) is 17.4. The van der Waals surface area contributed by atoms with E-state index in [-0.39, 0.29) is 58.6 Å². The van der Waals surface area contributed by atoms with Crippen molar-refractivity contribution in [3.63, 3.8) is 0 Å². The lowest BCUT2D eigenvalue weighted by Crippen LogP contribution is -2.82. The molecule has 11 heteroatoms. The standard InChI is InChI=1S/C37H47NO9S/c1-4-38-21-34(47-33(40)25-13-9-8-10-22(25)20-48(43,44)24-11-6-5-7-12-24)15-14-23(19-39)36-29(34)17-27(31(36)38)35(41)18-28(45-2)26-16-30(36)37(35,42)32(26)46-3/h5-13,23,26-32,39,41-42H,4,14-21H2,1-3H3/t23-,26-,27+,28+,29?,30?,31?,32+,34-,35+,36+,37+/m1/s1. The molecule has 2 aromatic rings. The van der Waals surface area contributed by atoms with Crippen LogP contribution in [0.1, 0.15) is 54.9 Å². The summed E-state index contributed by atoms with van der Waals surface area (Å²) in [4.78, 5) is 16.9. The van der Waals surface area contributed by atoms with Crippen molar-refractivity contribution in [2.45, 2.75) is 84.7 Å². The van der Waals surface area contributed by atoms with Crippen molar-refractivity contribution in [3.05, 3.63) is 65.7 Å². The Morgan fingerprint density at radius 3 is 2.42 bits per heavy atom. The summed E-state index contributed by atoms with van der Waals surface area (Å²) in [6.45, 7) is 3.12. The Morgan fingerprint density at radius 2 is 1.73 bits per heavy atom. The third-order valence-electron chi connectivity index (χ3n) is 14.0. The molecule has 10 nitrogen and oxygen atoms in total. The maximum atomic E-state index is 14.4. The number of aliphatic hydroxyl groups excluding tert-OH is 1. The minimum Gasteiger partial charge on any atom is -0.454 e. The second kappa shape index (κ2) is 11.1. The summed E-state index contributed by atoms with van der Waals surface area (Å²) >= 11 is 0. The molecule has 2 aromatic carbocycles. The molecule has 48 heavy (non-hydrogen) atoms. The number of rotatable bonds is 9. The van der Waals surface area contributed by atoms with Crippen LogP contribution < -0.4 is 0 Å². The van der Waals surface area contributed by atoms with Gasteiger partial charge in [0.2, 0.25) is 0 Å². The number of hydrogen-bond acceptors (Lipinski definition) is 10. The summed E-state index contributed by atoms with van der Waals surface area (Å²) in [5.41, 5.74) is -4.05. The fourth-order valence-electron chi connectivity index (χ4n) is 12.5. The number of nitrogens with zero attached hydrogens (tertiary/aromatic N) is 1. The fourth-order valence-corrected chi connectivity index (χ4v) is 13.9. The van der Waals surface area contributed by atoms with E-state index < -0.39 is 50.0 Å². The Labute approximate surface area is 282 Å². The molecule has 1 spiro atoms. The van der Waals surface area contributed by atoms with Gasteiger partial charge in [-0.1, -0.05) is 43.3 Å². The smallest absolute Gasteiger partial charge is 0.339 e. The zero-order valence-corrected chi connectivity index (χ0v) is 28.6. The lowest BCUT2D eigenvalue weighted by Gasteiger charge is -2.71. The predicted molar refractivity (Wildman–Crippen MR) is 175 cm³/mol. The zero-order valence-electron chi connectivity index (χ0n) is 27.8. The highest BCUT2D eigenvalue weighted by Crippen LogP contribution is 2.80. The van der Waals surface area contributed by atoms with Crippen LogP contribution >= 0.6 is 0 Å². The molecular weight excluding hydrogens is 634 g/mol. The van der Waals surface area contributed by atoms with Crippen LogP contribution in [-0.2, 0) is 29.8 Å². The van der Waals surface area contributed by atoms with E-state index in [9.17, 15) is 28.5 Å². The SMILES string of the molecule is CCN1C[C@]2(OC(=O)c3ccccc3CS(=O)(=O)c3ccccc3)CC[C@H](CO)[C@]34C1[C@H](CC23)[C@@]1(O)C[C@H](OC)[C@H]2CC4[C@]1(O)[C@H]2OC. The van der Waals surface area contributed by atoms with Crippen LogP contribution in [0.25, 0.3) is 0 Å². The minimum atomic E-state index is -3.73. The van der Waals surface area contributed by atoms with Gasteiger partial charge in [0.25, 0.3) is 0 Å². The van der Waals surface area contributed by atoms with E-state index >= 15 is 0 Å². The van der Waals surface area contributed by atoms with Gasteiger partial charge < -0.3 is 29.5 Å². The van der Waals surface area contributed by atoms with E-state index in [0.717, 1.165) is 0 Å². The predicted octanol–water partition coefficient (Wildman–Crippen LogP) is 2.83. The number of carbonyl (C=O) groups is 1. The summed E-state index contributed by atoms with van der Waals surface area (Å²) in [6.07, 6.45) is 1.62. The van der Waals surface area contributed by atoms with Crippen molar-refractivity contribution in [2.75, 3.05) is 33.9 Å². The number of methoxy groups -OCH3 is 2. The van der Waals surface area contributed by atoms with Gasteiger partial charge in [-0.05, 0) is 61.9 Å². The summed E-state index contributed by atoms with van der Waals surface area (Å²) in [5, 5.41) is 36.9. The molecule has 12 atom stereocenters. The molecule has 0 radical (unpaired) electrons. The number of likely N-dealkylation sites (N-methyl/N-ethyl adjacent to an activating group) is 1. The van der Waals surface area contributed by atoms with E-state index in [2.05, 4.69) is 11.8 Å². The highest BCUT2D eigenvalue weighted by atomic mass is 32.2. The van der Waals surface area contributed by atoms with E-state index in [0.29, 0.717) is 50.8 Å². The Kier molecular flexibility index (Phi) is 7.56. The van der Waals surface area contributed by atoms with Crippen molar-refractivity contribution < 1.29 is 42.7 Å². The van der Waals surface area contributed by atoms with Gasteiger partial charge in [-0.2, -0.15) is 0 Å². The molecule has 6 fully saturated rings. The van der Waals surface area contributed by atoms with E-state index in [1.165, 1.54) is 0 Å². The highest BCUT2D eigenvalue weighted by Gasteiger charge is 2.88. The topological polar surface area (TPSA) is 143 Å². The molecule has 3 unspecified atom stereocenters. The van der Waals surface area contributed by atoms with Crippen LogP contribution in [0.3, 0.4) is 0 Å². The molecule has 5 saturated carbocycles. The monoisotopic (exact) mass is 681 g/mol. The second-order valence-electron chi connectivity index (χ2n) is 15.3. The van der Waals surface area contributed by atoms with Gasteiger partial charge in [0.1, 0.15) is 16.8 Å². The van der Waals surface area contributed by atoms with Crippen molar-refractivity contribution in [1.29, 1.82) is 0 Å². The molecule has 5 aliphatic carbocycles. The van der Waals surface area contributed by atoms with E-state index in [4.69, 9.17) is 14.2 Å². The maximum absolute atomic E-state index is 14.4. The summed E-state index contributed by atoms with van der Waals surface area (Å²) in [7, 11) is -0.479. The third-order valence-corrected chi connectivity index (χ3v) is 15.7. The molecule has 3 N–H and O–H groups in total. The number of carbonyl (C=O) groups excluding carboxylic acids is 1. The Hall–Kier alpha value is -2.38. The molecule has 8 rings (SSSR count). The number of sulfone groups is 1. The minimum absolute atomic E-state index is 0.0670. The quantitative estimate of drug-likeness (QED) is 0.338. The van der Waals surface area contributed by atoms with Gasteiger partial charge in [-0.15, -0.1) is 0 Å². The third kappa shape index (κ3) is 3.95. The summed E-state index contributed by atoms with van der Waals surface area (Å²) < 4.78 is 45.6. The van der Waals surface area contributed by atoms with Crippen LogP contribution in [0, 0.1) is 35.0 Å². The maximum Gasteiger partial charge on any atom is 0.339 e. The van der Waals surface area contributed by atoms with Crippen molar-refractivity contribution in [1.82, 2.24) is 4.90 Å². The van der Waals surface area contributed by atoms with Crippen LogP contribution in [0.2, 0.25) is 0 Å². The fraction of sp³-hybridized carbons (Fsp3) is 0.649. The van der Waals surface area contributed by atoms with Gasteiger partial charge in [0.15, 0.2) is 9.84 Å². The van der Waals surface area contributed by atoms with Crippen LogP contribution in [0.5, 0.6) is 0 Å². The highest BCUT2D eigenvalue weighted by molar-refractivity contribution is 7.90. The van der Waals surface area contributed by atoms with Gasteiger partial charge in [-0.3, -0.25) is 4.90 Å². The van der Waals surface area contributed by atoms with Gasteiger partial charge in [0, 0.05) is 68.9 Å². The number of piperidine rings is 1. The molecule has 0 aromatic heterocycles. The molecule has 7 bridgehead atoms. The Bertz CT molecular complexity index is 1710. The summed E-state index contributed by atoms with van der Waals surface area (Å²) in [5.74, 6) is -2.20.